The van der Waals surface area contributed by atoms with Crippen molar-refractivity contribution in [3.63, 3.8) is 0 Å². The van der Waals surface area contributed by atoms with Gasteiger partial charge in [-0.05, 0) is 13.8 Å². The van der Waals surface area contributed by atoms with E-state index in [4.69, 9.17) is 4.74 Å². The third-order valence-corrected chi connectivity index (χ3v) is 6.17. The highest BCUT2D eigenvalue weighted by atomic mass is 32.3. The Bertz CT molecular complexity index is 554. The fourth-order valence-electron chi connectivity index (χ4n) is 1.09. The van der Waals surface area contributed by atoms with Gasteiger partial charge < -0.3 is 9.22 Å². The normalized spacial score (nSPS) is 14.0. The van der Waals surface area contributed by atoms with Crippen LogP contribution in [-0.2, 0) is 24.8 Å². The Morgan fingerprint density at radius 1 is 0.880 bits per heavy atom. The van der Waals surface area contributed by atoms with E-state index in [0.29, 0.717) is 0 Å². The molecule has 0 saturated heterocycles. The van der Waals surface area contributed by atoms with Crippen LogP contribution in [0.2, 0.25) is 0 Å². The largest absolute Gasteiger partial charge is 0.512 e. The summed E-state index contributed by atoms with van der Waals surface area (Å²) < 4.78 is 114. The van der Waals surface area contributed by atoms with Gasteiger partial charge in [-0.1, -0.05) is 4.13 Å². The molecule has 0 amide bonds. The summed E-state index contributed by atoms with van der Waals surface area (Å²) in [7, 11) is -9.17. The Balaban J connectivity index is 0. The summed E-state index contributed by atoms with van der Waals surface area (Å²) in [6.45, 7) is 8.83. The highest BCUT2D eigenvalue weighted by Crippen LogP contribution is 2.27. The summed E-state index contributed by atoms with van der Waals surface area (Å²) in [5.74, 6) is 0. The van der Waals surface area contributed by atoms with Gasteiger partial charge >= 0.3 is 31.1 Å². The van der Waals surface area contributed by atoms with E-state index >= 15 is 0 Å². The predicted octanol–water partition coefficient (Wildman–Crippen LogP) is 1.39. The van der Waals surface area contributed by atoms with Gasteiger partial charge in [0.1, 0.15) is 6.54 Å². The molecule has 0 atom stereocenters. The molecule has 1 N–H and O–H groups in total. The lowest BCUT2D eigenvalue weighted by Crippen LogP contribution is -2.45. The Kier molecular flexibility index (Phi) is 9.93. The number of likely N-dealkylation sites (N-methyl/N-ethyl adjacent to an activating group) is 1. The topological polar surface area (TPSA) is 89.5 Å². The van der Waals surface area contributed by atoms with Crippen molar-refractivity contribution in [2.75, 3.05) is 40.4 Å². The molecule has 25 heavy (non-hydrogen) atoms. The van der Waals surface area contributed by atoms with Crippen LogP contribution in [0.25, 0.3) is 0 Å². The van der Waals surface area contributed by atoms with Crippen molar-refractivity contribution >= 4 is 20.0 Å². The average Bonchev–Trinajstić information content (AvgIpc) is 2.42. The molecule has 15 heteroatoms. The molecule has 0 spiro atoms. The molecule has 0 aliphatic heterocycles. The fourth-order valence-corrected chi connectivity index (χ4v) is 3.00. The summed E-state index contributed by atoms with van der Waals surface area (Å²) >= 11 is 0. The zero-order valence-electron chi connectivity index (χ0n) is 13.9. The zero-order valence-corrected chi connectivity index (χ0v) is 15.5. The number of sulfonamides is 2. The first-order chi connectivity index (χ1) is 10.9. The second-order valence-electron chi connectivity index (χ2n) is 4.95. The second-order valence-corrected chi connectivity index (χ2v) is 8.56. The summed E-state index contributed by atoms with van der Waals surface area (Å²) in [6.07, 6.45) is 0. The van der Waals surface area contributed by atoms with Crippen LogP contribution >= 0.6 is 0 Å². The predicted molar refractivity (Wildman–Crippen MR) is 77.1 cm³/mol. The van der Waals surface area contributed by atoms with E-state index in [9.17, 15) is 43.2 Å². The van der Waals surface area contributed by atoms with Gasteiger partial charge in [0, 0.05) is 7.11 Å². The third kappa shape index (κ3) is 9.03. The first kappa shape index (κ1) is 26.6. The van der Waals surface area contributed by atoms with Gasteiger partial charge in [0.25, 0.3) is 0 Å². The van der Waals surface area contributed by atoms with E-state index < -0.39 is 35.2 Å². The summed E-state index contributed by atoms with van der Waals surface area (Å²) in [6, 6.07) is 0. The lowest BCUT2D eigenvalue weighted by molar-refractivity contribution is -0.906. The fraction of sp³-hybridized carbons (Fsp3) is 1.00. The standard InChI is InChI=1S/C8H20NO.C2HF6NO4S2/c1-5-9(3,6-2)7-8-10-4;3-1(4,5)14(10,11)9-15(12,13)2(6,7)8/h5-8H2,1-4H3;9H/q+1;. The second kappa shape index (κ2) is 9.34. The lowest BCUT2D eigenvalue weighted by atomic mass is 10.4. The average molecular weight is 427 g/mol. The van der Waals surface area contributed by atoms with Crippen molar-refractivity contribution in [2.45, 2.75) is 24.9 Å². The molecule has 0 rings (SSSR count). The molecule has 0 unspecified atom stereocenters. The van der Waals surface area contributed by atoms with E-state index in [0.717, 1.165) is 17.6 Å². The number of hydrogen-bond acceptors (Lipinski definition) is 5. The van der Waals surface area contributed by atoms with Gasteiger partial charge in [-0.3, -0.25) is 0 Å². The number of ether oxygens (including phenoxy) is 1. The number of rotatable bonds is 7. The van der Waals surface area contributed by atoms with Gasteiger partial charge in [-0.25, -0.2) is 16.8 Å². The van der Waals surface area contributed by atoms with E-state index in [2.05, 4.69) is 20.9 Å². The van der Waals surface area contributed by atoms with Gasteiger partial charge in [-0.2, -0.15) is 26.3 Å². The van der Waals surface area contributed by atoms with E-state index in [1.807, 2.05) is 0 Å². The number of hydrogen-bond donors (Lipinski definition) is 1. The van der Waals surface area contributed by atoms with Crippen molar-refractivity contribution in [1.29, 1.82) is 0 Å². The lowest BCUT2D eigenvalue weighted by Gasteiger charge is -2.31. The van der Waals surface area contributed by atoms with Crippen molar-refractivity contribution in [1.82, 2.24) is 4.13 Å². The number of halogens is 6. The van der Waals surface area contributed by atoms with Crippen LogP contribution in [0.15, 0.2) is 0 Å². The first-order valence-electron chi connectivity index (χ1n) is 6.62. The molecule has 7 nitrogen and oxygen atoms in total. The van der Waals surface area contributed by atoms with Gasteiger partial charge in [0.15, 0.2) is 0 Å². The molecular formula is C10H21F6N2O5S2+. The van der Waals surface area contributed by atoms with Crippen LogP contribution in [0, 0.1) is 0 Å². The van der Waals surface area contributed by atoms with Crippen molar-refractivity contribution in [3.05, 3.63) is 0 Å². The number of nitrogens with one attached hydrogen (secondary N) is 1. The summed E-state index contributed by atoms with van der Waals surface area (Å²) in [4.78, 5) is 0. The molecule has 0 bridgehead atoms. The third-order valence-electron chi connectivity index (χ3n) is 3.19. The Morgan fingerprint density at radius 3 is 1.40 bits per heavy atom. The molecule has 0 aromatic carbocycles. The molecule has 0 aromatic rings. The zero-order chi connectivity index (χ0) is 20.7. The van der Waals surface area contributed by atoms with Crippen LogP contribution in [0.1, 0.15) is 13.8 Å². The first-order valence-corrected chi connectivity index (χ1v) is 9.59. The molecule has 154 valence electrons. The van der Waals surface area contributed by atoms with Crippen LogP contribution in [0.3, 0.4) is 0 Å². The van der Waals surface area contributed by atoms with E-state index in [-0.39, 0.29) is 0 Å². The molecule has 0 aromatic heterocycles. The smallest absolute Gasteiger partial charge is 0.379 e. The van der Waals surface area contributed by atoms with Crippen LogP contribution in [-0.4, -0.2) is 72.7 Å². The minimum absolute atomic E-state index is 0.493. The SMILES string of the molecule is CC[N+](C)(CC)CCOC.O=S(=O)(NS(=O)(=O)C(F)(F)F)C(F)(F)F. The molecule has 0 fully saturated rings. The summed E-state index contributed by atoms with van der Waals surface area (Å²) in [5, 5.41) is 0. The van der Waals surface area contributed by atoms with Crippen molar-refractivity contribution < 1.29 is 52.4 Å². The molecule has 0 saturated carbocycles. The van der Waals surface area contributed by atoms with Crippen LogP contribution in [0.4, 0.5) is 26.3 Å². The molecular weight excluding hydrogens is 406 g/mol. The quantitative estimate of drug-likeness (QED) is 0.490. The van der Waals surface area contributed by atoms with Crippen LogP contribution < -0.4 is 4.13 Å². The minimum atomic E-state index is -6.60. The van der Waals surface area contributed by atoms with E-state index in [1.54, 1.807) is 7.11 Å². The maximum Gasteiger partial charge on any atom is 0.512 e. The minimum Gasteiger partial charge on any atom is -0.379 e. The van der Waals surface area contributed by atoms with E-state index in [1.165, 1.54) is 13.1 Å². The molecule has 0 radical (unpaired) electrons. The number of nitrogens with zero attached hydrogens (tertiary/aromatic N) is 1. The highest BCUT2D eigenvalue weighted by Gasteiger charge is 2.55. The maximum atomic E-state index is 11.5. The Hall–Kier alpha value is -0.640. The Morgan fingerprint density at radius 2 is 1.20 bits per heavy atom. The van der Waals surface area contributed by atoms with Gasteiger partial charge in [0.2, 0.25) is 0 Å². The number of alkyl halides is 6. The van der Waals surface area contributed by atoms with Crippen molar-refractivity contribution in [2.24, 2.45) is 0 Å². The molecule has 0 aliphatic rings. The monoisotopic (exact) mass is 427 g/mol. The van der Waals surface area contributed by atoms with Gasteiger partial charge in [-0.15, -0.1) is 0 Å². The highest BCUT2D eigenvalue weighted by molar-refractivity contribution is 8.05. The Labute approximate surface area is 142 Å². The number of quaternary nitrogens is 1. The van der Waals surface area contributed by atoms with Gasteiger partial charge in [0.05, 0.1) is 26.7 Å². The van der Waals surface area contributed by atoms with Crippen LogP contribution in [0.5, 0.6) is 0 Å². The summed E-state index contributed by atoms with van der Waals surface area (Å²) in [5.41, 5.74) is -12.3. The number of methoxy groups -OCH3 is 1. The molecule has 0 heterocycles. The molecule has 0 aliphatic carbocycles. The van der Waals surface area contributed by atoms with Crippen molar-refractivity contribution in [3.8, 4) is 0 Å². The maximum absolute atomic E-state index is 11.5.